The van der Waals surface area contributed by atoms with Gasteiger partial charge in [0.05, 0.1) is 25.4 Å². The van der Waals surface area contributed by atoms with Crippen molar-refractivity contribution in [3.8, 4) is 0 Å². The van der Waals surface area contributed by atoms with E-state index in [2.05, 4.69) is 12.2 Å². The molecule has 18 heavy (non-hydrogen) atoms. The van der Waals surface area contributed by atoms with Crippen LogP contribution in [0.5, 0.6) is 0 Å². The summed E-state index contributed by atoms with van der Waals surface area (Å²) in [4.78, 5) is 0. The van der Waals surface area contributed by atoms with Crippen molar-refractivity contribution in [2.45, 2.75) is 64.2 Å². The number of nitrogens with one attached hydrogen (secondary N) is 1. The minimum absolute atomic E-state index is 0.140. The Morgan fingerprint density at radius 3 is 2.72 bits per heavy atom. The van der Waals surface area contributed by atoms with Crippen LogP contribution in [0.1, 0.15) is 46.5 Å². The maximum atomic E-state index is 9.84. The van der Waals surface area contributed by atoms with Crippen LogP contribution in [-0.2, 0) is 4.74 Å². The van der Waals surface area contributed by atoms with Gasteiger partial charge in [0, 0.05) is 12.1 Å². The topological polar surface area (TPSA) is 61.7 Å². The summed E-state index contributed by atoms with van der Waals surface area (Å²) in [6, 6.07) is 0. The van der Waals surface area contributed by atoms with Crippen molar-refractivity contribution < 1.29 is 14.9 Å². The van der Waals surface area contributed by atoms with E-state index in [-0.39, 0.29) is 18.2 Å². The van der Waals surface area contributed by atoms with Crippen LogP contribution >= 0.6 is 0 Å². The monoisotopic (exact) mass is 259 g/mol. The van der Waals surface area contributed by atoms with Gasteiger partial charge in [-0.25, -0.2) is 0 Å². The molecule has 4 nitrogen and oxygen atoms in total. The van der Waals surface area contributed by atoms with E-state index in [1.807, 2.05) is 13.8 Å². The molecule has 0 aromatic heterocycles. The molecule has 0 heterocycles. The molecule has 0 aliphatic heterocycles. The molecule has 0 amide bonds. The first-order valence-electron chi connectivity index (χ1n) is 7.13. The molecular formula is C14H29NO3. The molecule has 0 saturated heterocycles. The molecule has 1 aliphatic carbocycles. The second-order valence-corrected chi connectivity index (χ2v) is 6.06. The Labute approximate surface area is 111 Å². The Morgan fingerprint density at radius 1 is 1.44 bits per heavy atom. The Morgan fingerprint density at radius 2 is 2.17 bits per heavy atom. The van der Waals surface area contributed by atoms with Crippen LogP contribution in [0.3, 0.4) is 0 Å². The summed E-state index contributed by atoms with van der Waals surface area (Å²) in [5, 5.41) is 22.8. The van der Waals surface area contributed by atoms with E-state index < -0.39 is 6.10 Å². The van der Waals surface area contributed by atoms with E-state index >= 15 is 0 Å². The first-order valence-corrected chi connectivity index (χ1v) is 7.13. The van der Waals surface area contributed by atoms with Gasteiger partial charge in [0.2, 0.25) is 0 Å². The van der Waals surface area contributed by atoms with Crippen molar-refractivity contribution in [1.82, 2.24) is 5.32 Å². The first-order chi connectivity index (χ1) is 8.47. The molecule has 108 valence electrons. The van der Waals surface area contributed by atoms with Crippen LogP contribution in [0.15, 0.2) is 0 Å². The van der Waals surface area contributed by atoms with Crippen molar-refractivity contribution >= 4 is 0 Å². The summed E-state index contributed by atoms with van der Waals surface area (Å²) < 4.78 is 5.38. The fraction of sp³-hybridized carbons (Fsp3) is 1.00. The van der Waals surface area contributed by atoms with Crippen molar-refractivity contribution in [3.63, 3.8) is 0 Å². The molecular weight excluding hydrogens is 230 g/mol. The predicted octanol–water partition coefficient (Wildman–Crippen LogP) is 1.30. The zero-order valence-corrected chi connectivity index (χ0v) is 12.0. The smallest absolute Gasteiger partial charge is 0.0898 e. The molecule has 1 fully saturated rings. The van der Waals surface area contributed by atoms with Gasteiger partial charge in [0.1, 0.15) is 0 Å². The normalized spacial score (nSPS) is 30.7. The Hall–Kier alpha value is -0.160. The fourth-order valence-corrected chi connectivity index (χ4v) is 2.72. The minimum Gasteiger partial charge on any atom is -0.394 e. The highest BCUT2D eigenvalue weighted by Crippen LogP contribution is 2.31. The summed E-state index contributed by atoms with van der Waals surface area (Å²) in [5.74, 6) is 0.641. The molecule has 3 unspecified atom stereocenters. The lowest BCUT2D eigenvalue weighted by Gasteiger charge is -2.40. The van der Waals surface area contributed by atoms with Crippen LogP contribution in [0.2, 0.25) is 0 Å². The Bertz CT molecular complexity index is 235. The second kappa shape index (κ2) is 7.43. The average molecular weight is 259 g/mol. The number of hydrogen-bond donors (Lipinski definition) is 3. The summed E-state index contributed by atoms with van der Waals surface area (Å²) >= 11 is 0. The van der Waals surface area contributed by atoms with Crippen LogP contribution in [0.25, 0.3) is 0 Å². The quantitative estimate of drug-likeness (QED) is 0.645. The molecule has 0 aromatic rings. The third kappa shape index (κ3) is 5.22. The minimum atomic E-state index is -0.506. The van der Waals surface area contributed by atoms with Crippen molar-refractivity contribution in [1.29, 1.82) is 0 Å². The number of aliphatic hydroxyl groups excluding tert-OH is 2. The van der Waals surface area contributed by atoms with E-state index in [1.54, 1.807) is 0 Å². The van der Waals surface area contributed by atoms with E-state index in [9.17, 15) is 10.2 Å². The zero-order valence-electron chi connectivity index (χ0n) is 12.0. The molecule has 0 spiro atoms. The SMILES string of the molecule is CC1CCCC(CO)(NCC(O)COC(C)C)C1. The molecule has 1 rings (SSSR count). The molecule has 0 radical (unpaired) electrons. The molecule has 1 aliphatic rings. The number of ether oxygens (including phenoxy) is 1. The number of rotatable bonds is 7. The van der Waals surface area contributed by atoms with Gasteiger partial charge in [0.15, 0.2) is 0 Å². The third-order valence-electron chi connectivity index (χ3n) is 3.73. The number of hydrogen-bond acceptors (Lipinski definition) is 4. The van der Waals surface area contributed by atoms with E-state index in [4.69, 9.17) is 4.74 Å². The molecule has 4 heteroatoms. The highest BCUT2D eigenvalue weighted by atomic mass is 16.5. The van der Waals surface area contributed by atoms with Gasteiger partial charge in [-0.05, 0) is 32.6 Å². The van der Waals surface area contributed by atoms with Crippen molar-refractivity contribution in [2.24, 2.45) is 5.92 Å². The second-order valence-electron chi connectivity index (χ2n) is 6.06. The maximum Gasteiger partial charge on any atom is 0.0898 e. The third-order valence-corrected chi connectivity index (χ3v) is 3.73. The average Bonchev–Trinajstić information content (AvgIpc) is 2.34. The lowest BCUT2D eigenvalue weighted by Crippen LogP contribution is -2.54. The summed E-state index contributed by atoms with van der Waals surface area (Å²) in [7, 11) is 0. The molecule has 3 atom stereocenters. The molecule has 0 aromatic carbocycles. The van der Waals surface area contributed by atoms with E-state index in [0.717, 1.165) is 19.3 Å². The van der Waals surface area contributed by atoms with E-state index in [0.29, 0.717) is 19.1 Å². The fourth-order valence-electron chi connectivity index (χ4n) is 2.72. The van der Waals surface area contributed by atoms with Gasteiger partial charge < -0.3 is 20.3 Å². The van der Waals surface area contributed by atoms with Gasteiger partial charge in [-0.15, -0.1) is 0 Å². The molecule has 3 N–H and O–H groups in total. The summed E-state index contributed by atoms with van der Waals surface area (Å²) in [5.41, 5.74) is -0.198. The summed E-state index contributed by atoms with van der Waals surface area (Å²) in [6.45, 7) is 7.12. The van der Waals surface area contributed by atoms with Crippen molar-refractivity contribution in [2.75, 3.05) is 19.8 Å². The van der Waals surface area contributed by atoms with Crippen LogP contribution < -0.4 is 5.32 Å². The van der Waals surface area contributed by atoms with Gasteiger partial charge in [-0.1, -0.05) is 19.8 Å². The lowest BCUT2D eigenvalue weighted by atomic mass is 9.77. The van der Waals surface area contributed by atoms with Gasteiger partial charge in [0.25, 0.3) is 0 Å². The Balaban J connectivity index is 2.34. The van der Waals surface area contributed by atoms with Gasteiger partial charge in [-0.3, -0.25) is 0 Å². The number of β-amino-alcohol motifs (C(OH)–C–C–N with tert-alkyl or cyclic N) is 1. The summed E-state index contributed by atoms with van der Waals surface area (Å²) in [6.07, 6.45) is 4.00. The van der Waals surface area contributed by atoms with Crippen molar-refractivity contribution in [3.05, 3.63) is 0 Å². The van der Waals surface area contributed by atoms with E-state index in [1.165, 1.54) is 6.42 Å². The van der Waals surface area contributed by atoms with Crippen LogP contribution in [0, 0.1) is 5.92 Å². The van der Waals surface area contributed by atoms with Gasteiger partial charge in [-0.2, -0.15) is 0 Å². The maximum absolute atomic E-state index is 9.84. The first kappa shape index (κ1) is 15.9. The highest BCUT2D eigenvalue weighted by Gasteiger charge is 2.34. The lowest BCUT2D eigenvalue weighted by molar-refractivity contribution is -0.00191. The predicted molar refractivity (Wildman–Crippen MR) is 72.5 cm³/mol. The highest BCUT2D eigenvalue weighted by molar-refractivity contribution is 4.92. The standard InChI is InChI=1S/C14H29NO3/c1-11(2)18-9-13(17)8-15-14(10-16)6-4-5-12(3)7-14/h11-13,15-17H,4-10H2,1-3H3. The largest absolute Gasteiger partial charge is 0.394 e. The zero-order chi connectivity index (χ0) is 13.6. The van der Waals surface area contributed by atoms with Gasteiger partial charge >= 0.3 is 0 Å². The molecule has 0 bridgehead atoms. The van der Waals surface area contributed by atoms with Crippen LogP contribution in [0.4, 0.5) is 0 Å². The Kier molecular flexibility index (Phi) is 6.57. The number of aliphatic hydroxyl groups is 2. The van der Waals surface area contributed by atoms with Crippen LogP contribution in [-0.4, -0.2) is 47.7 Å². The molecule has 1 saturated carbocycles.